The summed E-state index contributed by atoms with van der Waals surface area (Å²) in [5, 5.41) is 4.34. The van der Waals surface area contributed by atoms with Crippen molar-refractivity contribution in [2.24, 2.45) is 4.99 Å². The molecule has 3 rings (SSSR count). The number of benzene rings is 1. The van der Waals surface area contributed by atoms with Gasteiger partial charge in [0.1, 0.15) is 6.54 Å². The predicted octanol–water partition coefficient (Wildman–Crippen LogP) is 2.88. The Morgan fingerprint density at radius 2 is 1.97 bits per heavy atom. The van der Waals surface area contributed by atoms with Gasteiger partial charge in [0, 0.05) is 11.7 Å². The zero-order valence-corrected chi connectivity index (χ0v) is 18.9. The number of thiazole rings is 1. The summed E-state index contributed by atoms with van der Waals surface area (Å²) in [6.45, 7) is 7.70. The maximum atomic E-state index is 12.8. The lowest BCUT2D eigenvalue weighted by molar-refractivity contribution is -0.141. The molecule has 0 N–H and O–H groups in total. The van der Waals surface area contributed by atoms with Gasteiger partial charge in [-0.05, 0) is 52.0 Å². The first-order chi connectivity index (χ1) is 14.7. The van der Waals surface area contributed by atoms with Crippen molar-refractivity contribution in [2.75, 3.05) is 13.7 Å². The van der Waals surface area contributed by atoms with E-state index in [1.807, 2.05) is 20.8 Å². The topological polar surface area (TPSA) is 105 Å². The van der Waals surface area contributed by atoms with Crippen molar-refractivity contribution in [1.29, 1.82) is 0 Å². The van der Waals surface area contributed by atoms with Crippen molar-refractivity contribution in [3.05, 3.63) is 46.0 Å². The van der Waals surface area contributed by atoms with Crippen LogP contribution in [0, 0.1) is 6.92 Å². The molecule has 0 unspecified atom stereocenters. The molecular formula is C21H24N4O5S. The fourth-order valence-corrected chi connectivity index (χ4v) is 4.17. The SMILES string of the molecule is CCOC(=O)c1ccc2c(c1)sc(=NC(=O)c1cc(C)n(C(C)C)n1)n2CC(=O)OC. The van der Waals surface area contributed by atoms with Crippen LogP contribution in [0.25, 0.3) is 10.2 Å². The number of amides is 1. The van der Waals surface area contributed by atoms with E-state index in [1.165, 1.54) is 18.4 Å². The molecule has 9 nitrogen and oxygen atoms in total. The Balaban J connectivity index is 2.11. The van der Waals surface area contributed by atoms with Gasteiger partial charge in [0.15, 0.2) is 10.5 Å². The molecule has 1 amide bonds. The lowest BCUT2D eigenvalue weighted by Crippen LogP contribution is -2.22. The summed E-state index contributed by atoms with van der Waals surface area (Å²) in [5.74, 6) is -1.44. The van der Waals surface area contributed by atoms with Crippen molar-refractivity contribution in [3.8, 4) is 0 Å². The Hall–Kier alpha value is -3.27. The number of hydrogen-bond donors (Lipinski definition) is 0. The van der Waals surface area contributed by atoms with Crippen LogP contribution in [0.3, 0.4) is 0 Å². The van der Waals surface area contributed by atoms with E-state index in [9.17, 15) is 14.4 Å². The summed E-state index contributed by atoms with van der Waals surface area (Å²) in [6, 6.07) is 6.76. The lowest BCUT2D eigenvalue weighted by Gasteiger charge is -2.06. The second-order valence-corrected chi connectivity index (χ2v) is 8.09. The van der Waals surface area contributed by atoms with Gasteiger partial charge >= 0.3 is 11.9 Å². The average Bonchev–Trinajstić information content (AvgIpc) is 3.28. The van der Waals surface area contributed by atoms with Crippen LogP contribution in [0.2, 0.25) is 0 Å². The average molecular weight is 445 g/mol. The highest BCUT2D eigenvalue weighted by molar-refractivity contribution is 7.16. The summed E-state index contributed by atoms with van der Waals surface area (Å²) >= 11 is 1.19. The van der Waals surface area contributed by atoms with Crippen LogP contribution in [0.4, 0.5) is 0 Å². The Labute approximate surface area is 182 Å². The van der Waals surface area contributed by atoms with Crippen LogP contribution in [-0.2, 0) is 20.8 Å². The quantitative estimate of drug-likeness (QED) is 0.542. The first-order valence-electron chi connectivity index (χ1n) is 9.77. The monoisotopic (exact) mass is 444 g/mol. The number of fused-ring (bicyclic) bond motifs is 1. The molecule has 3 aromatic rings. The Morgan fingerprint density at radius 1 is 1.23 bits per heavy atom. The first-order valence-corrected chi connectivity index (χ1v) is 10.6. The van der Waals surface area contributed by atoms with Gasteiger partial charge in [0.05, 0.1) is 29.5 Å². The molecule has 0 saturated carbocycles. The third-order valence-electron chi connectivity index (χ3n) is 4.54. The van der Waals surface area contributed by atoms with Crippen LogP contribution in [0.15, 0.2) is 29.3 Å². The molecule has 10 heteroatoms. The molecule has 0 aliphatic carbocycles. The van der Waals surface area contributed by atoms with E-state index in [4.69, 9.17) is 9.47 Å². The minimum atomic E-state index is -0.515. The zero-order valence-electron chi connectivity index (χ0n) is 18.0. The van der Waals surface area contributed by atoms with E-state index in [0.29, 0.717) is 20.6 Å². The van der Waals surface area contributed by atoms with Gasteiger partial charge in [0.25, 0.3) is 5.91 Å². The molecule has 2 heterocycles. The second-order valence-electron chi connectivity index (χ2n) is 7.08. The smallest absolute Gasteiger partial charge is 0.338 e. The molecule has 0 radical (unpaired) electrons. The second kappa shape index (κ2) is 9.25. The summed E-state index contributed by atoms with van der Waals surface area (Å²) in [6.07, 6.45) is 0. The van der Waals surface area contributed by atoms with Crippen LogP contribution < -0.4 is 4.80 Å². The number of hydrogen-bond acceptors (Lipinski definition) is 7. The van der Waals surface area contributed by atoms with E-state index in [2.05, 4.69) is 10.1 Å². The van der Waals surface area contributed by atoms with Crippen molar-refractivity contribution in [3.63, 3.8) is 0 Å². The number of rotatable bonds is 6. The van der Waals surface area contributed by atoms with Gasteiger partial charge in [-0.1, -0.05) is 11.3 Å². The molecule has 164 valence electrons. The van der Waals surface area contributed by atoms with Crippen LogP contribution >= 0.6 is 11.3 Å². The maximum absolute atomic E-state index is 12.8. The van der Waals surface area contributed by atoms with Crippen LogP contribution in [0.5, 0.6) is 0 Å². The number of aryl methyl sites for hydroxylation is 1. The minimum Gasteiger partial charge on any atom is -0.468 e. The first kappa shape index (κ1) is 22.4. The molecule has 0 aliphatic rings. The van der Waals surface area contributed by atoms with Gasteiger partial charge in [-0.15, -0.1) is 0 Å². The molecule has 1 aromatic carbocycles. The van der Waals surface area contributed by atoms with Gasteiger partial charge in [-0.25, -0.2) is 4.79 Å². The van der Waals surface area contributed by atoms with Crippen molar-refractivity contribution < 1.29 is 23.9 Å². The number of carbonyl (C=O) groups excluding carboxylic acids is 3. The Kier molecular flexibility index (Phi) is 6.69. The van der Waals surface area contributed by atoms with Gasteiger partial charge in [0.2, 0.25) is 0 Å². The van der Waals surface area contributed by atoms with Crippen molar-refractivity contribution in [2.45, 2.75) is 40.3 Å². The van der Waals surface area contributed by atoms with Crippen LogP contribution in [-0.4, -0.2) is 45.9 Å². The highest BCUT2D eigenvalue weighted by atomic mass is 32.1. The third-order valence-corrected chi connectivity index (χ3v) is 5.58. The maximum Gasteiger partial charge on any atom is 0.338 e. The van der Waals surface area contributed by atoms with Crippen LogP contribution in [0.1, 0.15) is 53.4 Å². The predicted molar refractivity (Wildman–Crippen MR) is 115 cm³/mol. The molecule has 2 aromatic heterocycles. The highest BCUT2D eigenvalue weighted by Crippen LogP contribution is 2.20. The van der Waals surface area contributed by atoms with E-state index in [-0.39, 0.29) is 24.9 Å². The Morgan fingerprint density at radius 3 is 2.58 bits per heavy atom. The van der Waals surface area contributed by atoms with E-state index in [0.717, 1.165) is 5.69 Å². The highest BCUT2D eigenvalue weighted by Gasteiger charge is 2.17. The lowest BCUT2D eigenvalue weighted by atomic mass is 10.2. The zero-order chi connectivity index (χ0) is 22.7. The number of ether oxygens (including phenoxy) is 2. The molecule has 0 fully saturated rings. The largest absolute Gasteiger partial charge is 0.468 e. The number of esters is 2. The molecule has 0 saturated heterocycles. The normalized spacial score (nSPS) is 11.9. The summed E-state index contributed by atoms with van der Waals surface area (Å²) < 4.78 is 13.9. The summed E-state index contributed by atoms with van der Waals surface area (Å²) in [5.41, 5.74) is 2.11. The standard InChI is InChI=1S/C21H24N4O5S/c1-6-30-20(28)14-7-8-16-17(10-14)31-21(24(16)11-18(26)29-5)22-19(27)15-9-13(4)25(23-15)12(2)3/h7-10,12H,6,11H2,1-5H3. The molecule has 31 heavy (non-hydrogen) atoms. The molecular weight excluding hydrogens is 420 g/mol. The molecule has 0 spiro atoms. The van der Waals surface area contributed by atoms with E-state index in [1.54, 1.807) is 40.4 Å². The minimum absolute atomic E-state index is 0.108. The van der Waals surface area contributed by atoms with Gasteiger partial charge in [-0.3, -0.25) is 14.3 Å². The number of nitrogens with zero attached hydrogens (tertiary/aromatic N) is 4. The van der Waals surface area contributed by atoms with Gasteiger partial charge < -0.3 is 14.0 Å². The molecule has 0 bridgehead atoms. The van der Waals surface area contributed by atoms with Crippen molar-refractivity contribution in [1.82, 2.24) is 14.3 Å². The molecule has 0 aliphatic heterocycles. The van der Waals surface area contributed by atoms with E-state index >= 15 is 0 Å². The Bertz CT molecular complexity index is 1220. The van der Waals surface area contributed by atoms with Gasteiger partial charge in [-0.2, -0.15) is 10.1 Å². The number of carbonyl (C=O) groups is 3. The fraction of sp³-hybridized carbons (Fsp3) is 0.381. The van der Waals surface area contributed by atoms with Crippen molar-refractivity contribution >= 4 is 39.4 Å². The van der Waals surface area contributed by atoms with E-state index < -0.39 is 17.8 Å². The summed E-state index contributed by atoms with van der Waals surface area (Å²) in [7, 11) is 1.29. The number of methoxy groups -OCH3 is 1. The summed E-state index contributed by atoms with van der Waals surface area (Å²) in [4.78, 5) is 41.4. The number of aromatic nitrogens is 3. The fourth-order valence-electron chi connectivity index (χ4n) is 3.11. The third kappa shape index (κ3) is 4.74. The molecule has 0 atom stereocenters.